The summed E-state index contributed by atoms with van der Waals surface area (Å²) < 4.78 is 0. The lowest BCUT2D eigenvalue weighted by atomic mass is 9.97. The van der Waals surface area contributed by atoms with Crippen molar-refractivity contribution in [2.75, 3.05) is 18.0 Å². The van der Waals surface area contributed by atoms with Crippen LogP contribution in [0.15, 0.2) is 12.4 Å². The van der Waals surface area contributed by atoms with Crippen LogP contribution in [0.5, 0.6) is 0 Å². The molecule has 0 radical (unpaired) electrons. The van der Waals surface area contributed by atoms with Crippen LogP contribution in [0, 0.1) is 6.92 Å². The Labute approximate surface area is 77.2 Å². The molecule has 70 valence electrons. The Hall–Kier alpha value is -1.16. The van der Waals surface area contributed by atoms with Gasteiger partial charge in [0.1, 0.15) is 12.1 Å². The molecule has 0 amide bonds. The van der Waals surface area contributed by atoms with Gasteiger partial charge in [-0.25, -0.2) is 9.97 Å². The second kappa shape index (κ2) is 2.67. The van der Waals surface area contributed by atoms with Crippen LogP contribution in [0.3, 0.4) is 0 Å². The minimum atomic E-state index is -0.543. The van der Waals surface area contributed by atoms with Crippen molar-refractivity contribution in [1.29, 1.82) is 0 Å². The van der Waals surface area contributed by atoms with Gasteiger partial charge in [-0.05, 0) is 13.8 Å². The minimum absolute atomic E-state index is 0.543. The van der Waals surface area contributed by atoms with Crippen molar-refractivity contribution in [2.24, 2.45) is 0 Å². The molecule has 0 saturated carbocycles. The van der Waals surface area contributed by atoms with Crippen molar-refractivity contribution in [3.05, 3.63) is 18.1 Å². The number of anilines is 1. The van der Waals surface area contributed by atoms with Gasteiger partial charge in [0, 0.05) is 24.8 Å². The zero-order valence-electron chi connectivity index (χ0n) is 7.86. The van der Waals surface area contributed by atoms with Crippen LogP contribution < -0.4 is 4.90 Å². The second-order valence-corrected chi connectivity index (χ2v) is 3.87. The summed E-state index contributed by atoms with van der Waals surface area (Å²) in [6.07, 6.45) is 1.55. The van der Waals surface area contributed by atoms with Crippen molar-refractivity contribution in [2.45, 2.75) is 19.4 Å². The third-order valence-electron chi connectivity index (χ3n) is 2.18. The smallest absolute Gasteiger partial charge is 0.132 e. The summed E-state index contributed by atoms with van der Waals surface area (Å²) in [5.74, 6) is 0.902. The maximum Gasteiger partial charge on any atom is 0.132 e. The summed E-state index contributed by atoms with van der Waals surface area (Å²) in [7, 11) is 0. The predicted octanol–water partition coefficient (Wildman–Crippen LogP) is 0.356. The van der Waals surface area contributed by atoms with Crippen molar-refractivity contribution in [1.82, 2.24) is 9.97 Å². The van der Waals surface area contributed by atoms with Gasteiger partial charge < -0.3 is 10.0 Å². The van der Waals surface area contributed by atoms with Crippen molar-refractivity contribution < 1.29 is 5.11 Å². The molecular formula is C9H13N3O. The van der Waals surface area contributed by atoms with Gasteiger partial charge in [0.25, 0.3) is 0 Å². The lowest BCUT2D eigenvalue weighted by Crippen LogP contribution is -2.60. The average molecular weight is 179 g/mol. The summed E-state index contributed by atoms with van der Waals surface area (Å²) in [5, 5.41) is 9.53. The van der Waals surface area contributed by atoms with Crippen LogP contribution in [-0.2, 0) is 0 Å². The number of aromatic nitrogens is 2. The highest BCUT2D eigenvalue weighted by molar-refractivity contribution is 5.43. The quantitative estimate of drug-likeness (QED) is 0.676. The van der Waals surface area contributed by atoms with Crippen LogP contribution >= 0.6 is 0 Å². The molecule has 0 aromatic carbocycles. The molecule has 1 aliphatic heterocycles. The normalized spacial score (nSPS) is 19.8. The molecule has 1 fully saturated rings. The van der Waals surface area contributed by atoms with E-state index in [9.17, 15) is 5.11 Å². The first-order valence-corrected chi connectivity index (χ1v) is 4.33. The summed E-state index contributed by atoms with van der Waals surface area (Å²) >= 11 is 0. The molecule has 1 saturated heterocycles. The molecule has 0 spiro atoms. The summed E-state index contributed by atoms with van der Waals surface area (Å²) in [5.41, 5.74) is 0.412. The highest BCUT2D eigenvalue weighted by Gasteiger charge is 2.37. The Balaban J connectivity index is 2.11. The average Bonchev–Trinajstić information content (AvgIpc) is 2.00. The Bertz CT molecular complexity index is 316. The molecule has 0 bridgehead atoms. The maximum absolute atomic E-state index is 9.53. The molecule has 0 unspecified atom stereocenters. The second-order valence-electron chi connectivity index (χ2n) is 3.87. The van der Waals surface area contributed by atoms with E-state index in [1.54, 1.807) is 6.33 Å². The Morgan fingerprint density at radius 3 is 2.69 bits per heavy atom. The van der Waals surface area contributed by atoms with E-state index in [1.165, 1.54) is 0 Å². The fourth-order valence-electron chi connectivity index (χ4n) is 1.55. The number of aliphatic hydroxyl groups is 1. The predicted molar refractivity (Wildman–Crippen MR) is 49.6 cm³/mol. The maximum atomic E-state index is 9.53. The molecule has 2 rings (SSSR count). The molecular weight excluding hydrogens is 166 g/mol. The standard InChI is InChI=1S/C9H13N3O/c1-7-3-8(11-6-10-7)12-4-9(2,13)5-12/h3,6,13H,4-5H2,1-2H3. The van der Waals surface area contributed by atoms with Crippen molar-refractivity contribution >= 4 is 5.82 Å². The topological polar surface area (TPSA) is 49.2 Å². The first kappa shape index (κ1) is 8.44. The number of rotatable bonds is 1. The number of hydrogen-bond acceptors (Lipinski definition) is 4. The lowest BCUT2D eigenvalue weighted by Gasteiger charge is -2.44. The SMILES string of the molecule is Cc1cc(N2CC(C)(O)C2)ncn1. The van der Waals surface area contributed by atoms with Gasteiger partial charge in [-0.2, -0.15) is 0 Å². The Kier molecular flexibility index (Phi) is 1.73. The van der Waals surface area contributed by atoms with Crippen LogP contribution in [0.2, 0.25) is 0 Å². The first-order valence-electron chi connectivity index (χ1n) is 4.33. The van der Waals surface area contributed by atoms with E-state index < -0.39 is 5.60 Å². The van der Waals surface area contributed by atoms with Gasteiger partial charge in [-0.1, -0.05) is 0 Å². The van der Waals surface area contributed by atoms with E-state index in [0.717, 1.165) is 11.5 Å². The van der Waals surface area contributed by atoms with Gasteiger partial charge >= 0.3 is 0 Å². The molecule has 2 heterocycles. The number of hydrogen-bond donors (Lipinski definition) is 1. The van der Waals surface area contributed by atoms with Crippen LogP contribution in [-0.4, -0.2) is 33.8 Å². The third kappa shape index (κ3) is 1.62. The highest BCUT2D eigenvalue weighted by atomic mass is 16.3. The summed E-state index contributed by atoms with van der Waals surface area (Å²) in [4.78, 5) is 10.2. The minimum Gasteiger partial charge on any atom is -0.386 e. The molecule has 1 aromatic rings. The van der Waals surface area contributed by atoms with Crippen molar-refractivity contribution in [3.8, 4) is 0 Å². The van der Waals surface area contributed by atoms with E-state index in [-0.39, 0.29) is 0 Å². The van der Waals surface area contributed by atoms with Gasteiger partial charge in [0.2, 0.25) is 0 Å². The van der Waals surface area contributed by atoms with Crippen LogP contribution in [0.25, 0.3) is 0 Å². The Morgan fingerprint density at radius 2 is 2.15 bits per heavy atom. The zero-order valence-corrected chi connectivity index (χ0v) is 7.86. The van der Waals surface area contributed by atoms with E-state index in [4.69, 9.17) is 0 Å². The molecule has 13 heavy (non-hydrogen) atoms. The molecule has 4 heteroatoms. The summed E-state index contributed by atoms with van der Waals surface area (Å²) in [6, 6.07) is 1.93. The molecule has 1 aromatic heterocycles. The fourth-order valence-corrected chi connectivity index (χ4v) is 1.55. The first-order chi connectivity index (χ1) is 6.07. The third-order valence-corrected chi connectivity index (χ3v) is 2.18. The van der Waals surface area contributed by atoms with Gasteiger partial charge in [-0.15, -0.1) is 0 Å². The van der Waals surface area contributed by atoms with E-state index >= 15 is 0 Å². The van der Waals surface area contributed by atoms with Gasteiger partial charge in [0.15, 0.2) is 0 Å². The summed E-state index contributed by atoms with van der Waals surface area (Å²) in [6.45, 7) is 5.08. The number of β-amino-alcohol motifs (C(OH)–C–C–N with tert-alkyl or cyclic N) is 1. The lowest BCUT2D eigenvalue weighted by molar-refractivity contribution is 0.0305. The van der Waals surface area contributed by atoms with E-state index in [1.807, 2.05) is 24.8 Å². The molecule has 0 atom stereocenters. The van der Waals surface area contributed by atoms with Crippen molar-refractivity contribution in [3.63, 3.8) is 0 Å². The van der Waals surface area contributed by atoms with Gasteiger partial charge in [-0.3, -0.25) is 0 Å². The van der Waals surface area contributed by atoms with Crippen LogP contribution in [0.1, 0.15) is 12.6 Å². The molecule has 1 N–H and O–H groups in total. The molecule has 0 aliphatic carbocycles. The van der Waals surface area contributed by atoms with Crippen LogP contribution in [0.4, 0.5) is 5.82 Å². The van der Waals surface area contributed by atoms with E-state index in [2.05, 4.69) is 9.97 Å². The molecule has 4 nitrogen and oxygen atoms in total. The highest BCUT2D eigenvalue weighted by Crippen LogP contribution is 2.25. The largest absolute Gasteiger partial charge is 0.386 e. The number of aryl methyl sites for hydroxylation is 1. The fraction of sp³-hybridized carbons (Fsp3) is 0.556. The van der Waals surface area contributed by atoms with E-state index in [0.29, 0.717) is 13.1 Å². The number of nitrogens with zero attached hydrogens (tertiary/aromatic N) is 3. The van der Waals surface area contributed by atoms with Gasteiger partial charge in [0.05, 0.1) is 5.60 Å². The molecule has 1 aliphatic rings. The Morgan fingerprint density at radius 1 is 1.46 bits per heavy atom. The zero-order chi connectivity index (χ0) is 9.47. The monoisotopic (exact) mass is 179 g/mol.